The van der Waals surface area contributed by atoms with Crippen LogP contribution in [0.2, 0.25) is 0 Å². The minimum absolute atomic E-state index is 0.185. The van der Waals surface area contributed by atoms with Gasteiger partial charge in [0.2, 0.25) is 0 Å². The van der Waals surface area contributed by atoms with Crippen LogP contribution in [0, 0.1) is 6.92 Å². The molecule has 1 amide bonds. The second-order valence-electron chi connectivity index (χ2n) is 6.71. The fourth-order valence-electron chi connectivity index (χ4n) is 4.17. The zero-order valence-corrected chi connectivity index (χ0v) is 13.6. The van der Waals surface area contributed by atoms with Crippen molar-refractivity contribution in [2.24, 2.45) is 0 Å². The van der Waals surface area contributed by atoms with Crippen molar-refractivity contribution in [2.75, 3.05) is 26.2 Å². The molecule has 0 saturated carbocycles. The summed E-state index contributed by atoms with van der Waals surface area (Å²) in [5, 5.41) is 0. The highest BCUT2D eigenvalue weighted by molar-refractivity contribution is 5.95. The highest BCUT2D eigenvalue weighted by Gasteiger charge is 2.44. The molecule has 0 N–H and O–H groups in total. The van der Waals surface area contributed by atoms with Crippen molar-refractivity contribution in [1.82, 2.24) is 9.80 Å². The number of likely N-dealkylation sites (tertiary alicyclic amines) is 2. The lowest BCUT2D eigenvalue weighted by atomic mass is 9.86. The molecule has 2 aliphatic rings. The van der Waals surface area contributed by atoms with Crippen LogP contribution in [-0.2, 0) is 0 Å². The van der Waals surface area contributed by atoms with E-state index in [0.717, 1.165) is 43.7 Å². The second-order valence-corrected chi connectivity index (χ2v) is 6.71. The molecule has 1 spiro atoms. The predicted octanol–water partition coefficient (Wildman–Crippen LogP) is 3.25. The van der Waals surface area contributed by atoms with E-state index >= 15 is 0 Å². The SMILES string of the molecule is C=CCN1CCC[C@@]12CCCN(C(=O)c1ccccc1C)C2. The number of rotatable bonds is 3. The monoisotopic (exact) mass is 298 g/mol. The first kappa shape index (κ1) is 15.3. The largest absolute Gasteiger partial charge is 0.337 e. The van der Waals surface area contributed by atoms with Gasteiger partial charge in [0.25, 0.3) is 5.91 Å². The van der Waals surface area contributed by atoms with E-state index in [1.165, 1.54) is 19.3 Å². The summed E-state index contributed by atoms with van der Waals surface area (Å²) in [5.74, 6) is 0.197. The lowest BCUT2D eigenvalue weighted by Gasteiger charge is -2.46. The number of amides is 1. The smallest absolute Gasteiger partial charge is 0.254 e. The number of nitrogens with zero attached hydrogens (tertiary/aromatic N) is 2. The average molecular weight is 298 g/mol. The molecule has 0 bridgehead atoms. The topological polar surface area (TPSA) is 23.6 Å². The van der Waals surface area contributed by atoms with Gasteiger partial charge in [-0.15, -0.1) is 6.58 Å². The number of hydrogen-bond acceptors (Lipinski definition) is 2. The van der Waals surface area contributed by atoms with Gasteiger partial charge in [0, 0.05) is 30.7 Å². The Balaban J connectivity index is 1.80. The van der Waals surface area contributed by atoms with Crippen molar-refractivity contribution in [3.05, 3.63) is 48.0 Å². The molecule has 1 aromatic rings. The summed E-state index contributed by atoms with van der Waals surface area (Å²) in [4.78, 5) is 17.5. The first-order chi connectivity index (χ1) is 10.7. The maximum atomic E-state index is 12.9. The lowest BCUT2D eigenvalue weighted by molar-refractivity contribution is 0.0366. The van der Waals surface area contributed by atoms with Crippen molar-refractivity contribution in [3.8, 4) is 0 Å². The van der Waals surface area contributed by atoms with E-state index < -0.39 is 0 Å². The molecule has 3 nitrogen and oxygen atoms in total. The van der Waals surface area contributed by atoms with Gasteiger partial charge in [-0.2, -0.15) is 0 Å². The molecule has 1 aromatic carbocycles. The number of benzene rings is 1. The number of aryl methyl sites for hydroxylation is 1. The Labute approximate surface area is 133 Å². The minimum Gasteiger partial charge on any atom is -0.337 e. The van der Waals surface area contributed by atoms with E-state index in [0.29, 0.717) is 0 Å². The third kappa shape index (κ3) is 2.70. The number of carbonyl (C=O) groups excluding carboxylic acids is 1. The quantitative estimate of drug-likeness (QED) is 0.800. The molecule has 2 saturated heterocycles. The number of piperidine rings is 1. The number of carbonyl (C=O) groups is 1. The van der Waals surface area contributed by atoms with Crippen LogP contribution in [0.5, 0.6) is 0 Å². The highest BCUT2D eigenvalue weighted by Crippen LogP contribution is 2.37. The van der Waals surface area contributed by atoms with E-state index in [1.54, 1.807) is 0 Å². The van der Waals surface area contributed by atoms with Crippen LogP contribution < -0.4 is 0 Å². The first-order valence-corrected chi connectivity index (χ1v) is 8.37. The molecule has 1 atom stereocenters. The van der Waals surface area contributed by atoms with E-state index in [9.17, 15) is 4.79 Å². The van der Waals surface area contributed by atoms with Crippen molar-refractivity contribution >= 4 is 5.91 Å². The van der Waals surface area contributed by atoms with Crippen LogP contribution in [0.1, 0.15) is 41.6 Å². The molecule has 0 aromatic heterocycles. The summed E-state index contributed by atoms with van der Waals surface area (Å²) in [6, 6.07) is 7.92. The third-order valence-corrected chi connectivity index (χ3v) is 5.31. The van der Waals surface area contributed by atoms with Gasteiger partial charge in [-0.25, -0.2) is 0 Å². The summed E-state index contributed by atoms with van der Waals surface area (Å²) in [5.41, 5.74) is 2.11. The normalized spacial score (nSPS) is 25.6. The molecule has 0 unspecified atom stereocenters. The van der Waals surface area contributed by atoms with Gasteiger partial charge in [0.05, 0.1) is 0 Å². The molecular formula is C19H26N2O. The summed E-state index contributed by atoms with van der Waals surface area (Å²) < 4.78 is 0. The van der Waals surface area contributed by atoms with Crippen LogP contribution in [0.4, 0.5) is 0 Å². The zero-order valence-electron chi connectivity index (χ0n) is 13.6. The molecule has 0 aliphatic carbocycles. The van der Waals surface area contributed by atoms with Crippen LogP contribution >= 0.6 is 0 Å². The van der Waals surface area contributed by atoms with E-state index in [1.807, 2.05) is 37.3 Å². The standard InChI is InChI=1S/C19H26N2O/c1-3-12-21-14-7-11-19(21)10-6-13-20(15-19)18(22)17-9-5-4-8-16(17)2/h3-5,8-9H,1,6-7,10-15H2,2H3/t19-/m1/s1. The number of hydrogen-bond donors (Lipinski definition) is 0. The summed E-state index contributed by atoms with van der Waals surface area (Å²) in [6.45, 7) is 9.74. The average Bonchev–Trinajstić information content (AvgIpc) is 2.90. The van der Waals surface area contributed by atoms with Gasteiger partial charge in [-0.1, -0.05) is 24.3 Å². The Morgan fingerprint density at radius 2 is 2.00 bits per heavy atom. The lowest BCUT2D eigenvalue weighted by Crippen LogP contribution is -2.56. The Morgan fingerprint density at radius 1 is 1.27 bits per heavy atom. The van der Waals surface area contributed by atoms with Crippen LogP contribution in [0.15, 0.2) is 36.9 Å². The van der Waals surface area contributed by atoms with Gasteiger partial charge in [-0.05, 0) is 50.8 Å². The van der Waals surface area contributed by atoms with Crippen LogP contribution in [0.3, 0.4) is 0 Å². The molecule has 3 heteroatoms. The molecular weight excluding hydrogens is 272 g/mol. The van der Waals surface area contributed by atoms with Crippen LogP contribution in [0.25, 0.3) is 0 Å². The molecule has 2 aliphatic heterocycles. The predicted molar refractivity (Wildman–Crippen MR) is 90.1 cm³/mol. The van der Waals surface area contributed by atoms with Gasteiger partial charge < -0.3 is 4.90 Å². The fourth-order valence-corrected chi connectivity index (χ4v) is 4.17. The zero-order chi connectivity index (χ0) is 15.6. The van der Waals surface area contributed by atoms with Crippen LogP contribution in [-0.4, -0.2) is 47.4 Å². The molecule has 2 fully saturated rings. The van der Waals surface area contributed by atoms with Crippen molar-refractivity contribution < 1.29 is 4.79 Å². The van der Waals surface area contributed by atoms with Gasteiger partial charge >= 0.3 is 0 Å². The summed E-state index contributed by atoms with van der Waals surface area (Å²) >= 11 is 0. The first-order valence-electron chi connectivity index (χ1n) is 8.37. The molecule has 3 rings (SSSR count). The van der Waals surface area contributed by atoms with E-state index in [2.05, 4.69) is 16.4 Å². The van der Waals surface area contributed by atoms with E-state index in [-0.39, 0.29) is 11.4 Å². The van der Waals surface area contributed by atoms with E-state index in [4.69, 9.17) is 0 Å². The Morgan fingerprint density at radius 3 is 2.73 bits per heavy atom. The Hall–Kier alpha value is -1.61. The molecule has 2 heterocycles. The highest BCUT2D eigenvalue weighted by atomic mass is 16.2. The Kier molecular flexibility index (Phi) is 4.34. The maximum absolute atomic E-state index is 12.9. The third-order valence-electron chi connectivity index (χ3n) is 5.31. The molecule has 118 valence electrons. The summed E-state index contributed by atoms with van der Waals surface area (Å²) in [6.07, 6.45) is 6.75. The van der Waals surface area contributed by atoms with Gasteiger partial charge in [-0.3, -0.25) is 9.69 Å². The molecule has 22 heavy (non-hydrogen) atoms. The maximum Gasteiger partial charge on any atom is 0.254 e. The van der Waals surface area contributed by atoms with Crippen molar-refractivity contribution in [3.63, 3.8) is 0 Å². The van der Waals surface area contributed by atoms with Crippen molar-refractivity contribution in [2.45, 2.75) is 38.1 Å². The minimum atomic E-state index is 0.185. The van der Waals surface area contributed by atoms with Gasteiger partial charge in [0.1, 0.15) is 0 Å². The fraction of sp³-hybridized carbons (Fsp3) is 0.526. The van der Waals surface area contributed by atoms with Crippen molar-refractivity contribution in [1.29, 1.82) is 0 Å². The Bertz CT molecular complexity index is 568. The molecule has 0 radical (unpaired) electrons. The second kappa shape index (κ2) is 6.25. The van der Waals surface area contributed by atoms with Gasteiger partial charge in [0.15, 0.2) is 0 Å². The summed E-state index contributed by atoms with van der Waals surface area (Å²) in [7, 11) is 0.